The third kappa shape index (κ3) is 2.42. The monoisotopic (exact) mass is 256 g/mol. The van der Waals surface area contributed by atoms with Crippen LogP contribution in [0.1, 0.15) is 28.4 Å². The van der Waals surface area contributed by atoms with Crippen LogP contribution in [0.3, 0.4) is 0 Å². The fourth-order valence-corrected chi connectivity index (χ4v) is 1.49. The zero-order chi connectivity index (χ0) is 10.7. The predicted molar refractivity (Wildman–Crippen MR) is 59.8 cm³/mol. The van der Waals surface area contributed by atoms with E-state index in [0.29, 0.717) is 5.56 Å². The van der Waals surface area contributed by atoms with Crippen LogP contribution in [-0.4, -0.2) is 15.7 Å². The smallest absolute Gasteiger partial charge is 0.176 e. The van der Waals surface area contributed by atoms with Gasteiger partial charge in [0.05, 0.1) is 11.4 Å². The predicted octanol–water partition coefficient (Wildman–Crippen LogP) is 2.45. The number of alkyl halides is 1. The highest BCUT2D eigenvalue weighted by Crippen LogP contribution is 2.15. The first-order chi connectivity index (χ1) is 6.56. The van der Waals surface area contributed by atoms with Crippen LogP contribution in [0.4, 0.5) is 0 Å². The zero-order valence-corrected chi connectivity index (χ0v) is 9.84. The molecule has 1 atom stereocenters. The largest absolute Gasteiger partial charge is 0.392 e. The number of Topliss-reactive ketones (excluding diaryl/α,β-unsaturated/α-hetero) is 1. The lowest BCUT2D eigenvalue weighted by Gasteiger charge is -2.07. The molecular formula is C11H13BrO2. The molecule has 0 aromatic heterocycles. The van der Waals surface area contributed by atoms with Gasteiger partial charge in [-0.25, -0.2) is 0 Å². The molecule has 0 amide bonds. The lowest BCUT2D eigenvalue weighted by atomic mass is 10.0. The van der Waals surface area contributed by atoms with Gasteiger partial charge in [0, 0.05) is 5.56 Å². The molecule has 0 saturated carbocycles. The van der Waals surface area contributed by atoms with Gasteiger partial charge in [0.1, 0.15) is 0 Å². The second-order valence-electron chi connectivity index (χ2n) is 3.28. The van der Waals surface area contributed by atoms with Gasteiger partial charge in [-0.15, -0.1) is 0 Å². The minimum absolute atomic E-state index is 0.0242. The van der Waals surface area contributed by atoms with Crippen molar-refractivity contribution in [3.8, 4) is 0 Å². The number of aryl methyl sites for hydroxylation is 1. The molecule has 1 aromatic carbocycles. The molecule has 2 nitrogen and oxygen atoms in total. The van der Waals surface area contributed by atoms with Gasteiger partial charge < -0.3 is 5.11 Å². The minimum Gasteiger partial charge on any atom is -0.392 e. The molecule has 0 aliphatic rings. The van der Waals surface area contributed by atoms with Crippen molar-refractivity contribution in [2.75, 3.05) is 0 Å². The number of ketones is 1. The summed E-state index contributed by atoms with van der Waals surface area (Å²) in [6.07, 6.45) is 0. The molecular weight excluding hydrogens is 244 g/mol. The molecule has 0 saturated heterocycles. The Labute approximate surface area is 92.1 Å². The van der Waals surface area contributed by atoms with Crippen LogP contribution in [0, 0.1) is 6.92 Å². The first-order valence-electron chi connectivity index (χ1n) is 4.45. The third-order valence-electron chi connectivity index (χ3n) is 2.17. The number of aliphatic hydroxyl groups is 1. The van der Waals surface area contributed by atoms with E-state index in [2.05, 4.69) is 15.9 Å². The van der Waals surface area contributed by atoms with E-state index in [4.69, 9.17) is 5.11 Å². The summed E-state index contributed by atoms with van der Waals surface area (Å²) in [4.78, 5) is 11.4. The molecule has 3 heteroatoms. The number of rotatable bonds is 3. The molecule has 0 aliphatic carbocycles. The van der Waals surface area contributed by atoms with Crippen molar-refractivity contribution in [1.29, 1.82) is 0 Å². The Morgan fingerprint density at radius 2 is 2.21 bits per heavy atom. The topological polar surface area (TPSA) is 37.3 Å². The average Bonchev–Trinajstić information content (AvgIpc) is 2.17. The van der Waals surface area contributed by atoms with E-state index in [1.54, 1.807) is 19.1 Å². The molecule has 0 fully saturated rings. The summed E-state index contributed by atoms with van der Waals surface area (Å²) < 4.78 is 0. The summed E-state index contributed by atoms with van der Waals surface area (Å²) in [5.41, 5.74) is 2.46. The van der Waals surface area contributed by atoms with Gasteiger partial charge in [-0.2, -0.15) is 0 Å². The molecule has 1 aromatic rings. The molecule has 0 bridgehead atoms. The fourth-order valence-electron chi connectivity index (χ4n) is 1.22. The number of benzene rings is 1. The normalized spacial score (nSPS) is 12.6. The Morgan fingerprint density at radius 3 is 2.71 bits per heavy atom. The van der Waals surface area contributed by atoms with Crippen molar-refractivity contribution < 1.29 is 9.90 Å². The first-order valence-corrected chi connectivity index (χ1v) is 5.36. The standard InChI is InChI=1S/C11H13BrO2/c1-7-3-4-9(5-10(7)6-13)11(14)8(2)12/h3-5,8,13H,6H2,1-2H3. The van der Waals surface area contributed by atoms with Crippen molar-refractivity contribution in [1.82, 2.24) is 0 Å². The summed E-state index contributed by atoms with van der Waals surface area (Å²) in [5.74, 6) is 0.0414. The van der Waals surface area contributed by atoms with Gasteiger partial charge in [0.25, 0.3) is 0 Å². The minimum atomic E-state index is -0.184. The van der Waals surface area contributed by atoms with Crippen LogP contribution in [0.25, 0.3) is 0 Å². The second-order valence-corrected chi connectivity index (χ2v) is 4.65. The van der Waals surface area contributed by atoms with Crippen LogP contribution in [0.15, 0.2) is 18.2 Å². The van der Waals surface area contributed by atoms with E-state index < -0.39 is 0 Å². The molecule has 0 aliphatic heterocycles. The summed E-state index contributed by atoms with van der Waals surface area (Å²) >= 11 is 3.23. The van der Waals surface area contributed by atoms with Crippen molar-refractivity contribution in [3.05, 3.63) is 34.9 Å². The Morgan fingerprint density at radius 1 is 1.57 bits per heavy atom. The summed E-state index contributed by atoms with van der Waals surface area (Å²) in [6.45, 7) is 3.68. The molecule has 0 spiro atoms. The van der Waals surface area contributed by atoms with Crippen molar-refractivity contribution in [3.63, 3.8) is 0 Å². The van der Waals surface area contributed by atoms with Crippen molar-refractivity contribution in [2.45, 2.75) is 25.3 Å². The molecule has 76 valence electrons. The SMILES string of the molecule is Cc1ccc(C(=O)C(C)Br)cc1CO. The van der Waals surface area contributed by atoms with E-state index in [1.807, 2.05) is 13.0 Å². The van der Waals surface area contributed by atoms with Gasteiger partial charge in [0.15, 0.2) is 5.78 Å². The third-order valence-corrected chi connectivity index (χ3v) is 2.58. The number of aliphatic hydroxyl groups excluding tert-OH is 1. The highest BCUT2D eigenvalue weighted by Gasteiger charge is 2.12. The van der Waals surface area contributed by atoms with E-state index >= 15 is 0 Å². The lowest BCUT2D eigenvalue weighted by molar-refractivity contribution is 0.0995. The Hall–Kier alpha value is -0.670. The maximum atomic E-state index is 11.6. The molecule has 1 rings (SSSR count). The average molecular weight is 257 g/mol. The van der Waals surface area contributed by atoms with E-state index in [1.165, 1.54) is 0 Å². The van der Waals surface area contributed by atoms with Crippen molar-refractivity contribution >= 4 is 21.7 Å². The van der Waals surface area contributed by atoms with Gasteiger partial charge in [0.2, 0.25) is 0 Å². The Kier molecular flexibility index (Phi) is 3.84. The maximum Gasteiger partial charge on any atom is 0.176 e. The lowest BCUT2D eigenvalue weighted by Crippen LogP contribution is -2.10. The highest BCUT2D eigenvalue weighted by atomic mass is 79.9. The molecule has 1 N–H and O–H groups in total. The quantitative estimate of drug-likeness (QED) is 0.667. The highest BCUT2D eigenvalue weighted by molar-refractivity contribution is 9.10. The van der Waals surface area contributed by atoms with Gasteiger partial charge in [-0.3, -0.25) is 4.79 Å². The fraction of sp³-hybridized carbons (Fsp3) is 0.364. The summed E-state index contributed by atoms with van der Waals surface area (Å²) in [5, 5.41) is 9.04. The maximum absolute atomic E-state index is 11.6. The van der Waals surface area contributed by atoms with Crippen LogP contribution < -0.4 is 0 Å². The number of carbonyl (C=O) groups excluding carboxylic acids is 1. The Balaban J connectivity index is 3.06. The second kappa shape index (κ2) is 4.71. The van der Waals surface area contributed by atoms with E-state index in [9.17, 15) is 4.79 Å². The number of halogens is 1. The van der Waals surface area contributed by atoms with Gasteiger partial charge in [-0.1, -0.05) is 28.1 Å². The summed E-state index contributed by atoms with van der Waals surface area (Å²) in [7, 11) is 0. The number of hydrogen-bond acceptors (Lipinski definition) is 2. The molecule has 1 unspecified atom stereocenters. The van der Waals surface area contributed by atoms with Crippen LogP contribution in [0.5, 0.6) is 0 Å². The van der Waals surface area contributed by atoms with Crippen LogP contribution in [0.2, 0.25) is 0 Å². The van der Waals surface area contributed by atoms with Crippen molar-refractivity contribution in [2.24, 2.45) is 0 Å². The zero-order valence-electron chi connectivity index (χ0n) is 8.25. The Bertz CT molecular complexity index is 345. The number of carbonyl (C=O) groups is 1. The molecule has 0 heterocycles. The molecule has 0 radical (unpaired) electrons. The van der Waals surface area contributed by atoms with Crippen LogP contribution >= 0.6 is 15.9 Å². The van der Waals surface area contributed by atoms with Gasteiger partial charge in [-0.05, 0) is 31.0 Å². The van der Waals surface area contributed by atoms with E-state index in [-0.39, 0.29) is 17.2 Å². The summed E-state index contributed by atoms with van der Waals surface area (Å²) in [6, 6.07) is 5.39. The van der Waals surface area contributed by atoms with E-state index in [0.717, 1.165) is 11.1 Å². The first kappa shape index (κ1) is 11.4. The number of hydrogen-bond donors (Lipinski definition) is 1. The van der Waals surface area contributed by atoms with Gasteiger partial charge >= 0.3 is 0 Å². The molecule has 14 heavy (non-hydrogen) atoms. The van der Waals surface area contributed by atoms with Crippen LogP contribution in [-0.2, 0) is 6.61 Å².